The zero-order valence-electron chi connectivity index (χ0n) is 9.72. The Kier molecular flexibility index (Phi) is 3.72. The van der Waals surface area contributed by atoms with Gasteiger partial charge in [-0.05, 0) is 32.1 Å². The molecule has 0 aliphatic heterocycles. The summed E-state index contributed by atoms with van der Waals surface area (Å²) in [6, 6.07) is 2.20. The van der Waals surface area contributed by atoms with Crippen molar-refractivity contribution in [3.8, 4) is 5.88 Å². The fourth-order valence-corrected chi connectivity index (χ4v) is 2.09. The molecule has 0 aromatic carbocycles. The smallest absolute Gasteiger partial charge is 0.216 e. The molecule has 0 radical (unpaired) electrons. The first kappa shape index (κ1) is 11.3. The molecule has 0 spiro atoms. The summed E-state index contributed by atoms with van der Waals surface area (Å²) in [7, 11) is 0. The molecule has 0 amide bonds. The highest BCUT2D eigenvalue weighted by atomic mass is 16.5. The lowest BCUT2D eigenvalue weighted by Gasteiger charge is -2.26. The van der Waals surface area contributed by atoms with Gasteiger partial charge in [-0.3, -0.25) is 0 Å². The molecule has 1 aliphatic carbocycles. The molecule has 1 aromatic heterocycles. The number of ether oxygens (including phenoxy) is 1. The number of rotatable bonds is 3. The Balaban J connectivity index is 1.97. The van der Waals surface area contributed by atoms with Crippen molar-refractivity contribution in [2.45, 2.75) is 51.2 Å². The molecule has 1 heterocycles. The van der Waals surface area contributed by atoms with E-state index in [2.05, 4.69) is 16.9 Å². The van der Waals surface area contributed by atoms with Crippen LogP contribution in [-0.2, 0) is 6.42 Å². The number of nitrogens with zero attached hydrogens (tertiary/aromatic N) is 2. The molecule has 0 bridgehead atoms. The Labute approximate surface area is 96.2 Å². The molecule has 1 aliphatic rings. The molecule has 2 rings (SSSR count). The predicted octanol–water partition coefficient (Wildman–Crippen LogP) is 1.69. The summed E-state index contributed by atoms with van der Waals surface area (Å²) in [5.41, 5.74) is 6.94. The van der Waals surface area contributed by atoms with E-state index in [-0.39, 0.29) is 12.1 Å². The number of hydrogen-bond acceptors (Lipinski definition) is 4. The van der Waals surface area contributed by atoms with E-state index in [1.807, 2.05) is 6.07 Å². The van der Waals surface area contributed by atoms with Gasteiger partial charge < -0.3 is 10.5 Å². The Hall–Kier alpha value is -1.16. The highest BCUT2D eigenvalue weighted by Gasteiger charge is 2.20. The lowest BCUT2D eigenvalue weighted by Crippen LogP contribution is -2.33. The van der Waals surface area contributed by atoms with Gasteiger partial charge in [-0.25, -0.2) is 9.97 Å². The highest BCUT2D eigenvalue weighted by molar-refractivity contribution is 5.13. The van der Waals surface area contributed by atoms with Crippen LogP contribution in [0.2, 0.25) is 0 Å². The quantitative estimate of drug-likeness (QED) is 0.843. The SMILES string of the molecule is CCc1cc(OC2CCCC(N)C2)ncn1. The van der Waals surface area contributed by atoms with Crippen LogP contribution < -0.4 is 10.5 Å². The van der Waals surface area contributed by atoms with Crippen molar-refractivity contribution in [2.24, 2.45) is 5.73 Å². The minimum atomic E-state index is 0.225. The summed E-state index contributed by atoms with van der Waals surface area (Å²) in [4.78, 5) is 8.28. The van der Waals surface area contributed by atoms with E-state index < -0.39 is 0 Å². The zero-order chi connectivity index (χ0) is 11.4. The van der Waals surface area contributed by atoms with Crippen molar-refractivity contribution in [1.29, 1.82) is 0 Å². The van der Waals surface area contributed by atoms with E-state index in [4.69, 9.17) is 10.5 Å². The van der Waals surface area contributed by atoms with Gasteiger partial charge in [0.05, 0.1) is 0 Å². The number of hydrogen-bond donors (Lipinski definition) is 1. The Bertz CT molecular complexity index is 343. The van der Waals surface area contributed by atoms with Gasteiger partial charge in [0.15, 0.2) is 0 Å². The maximum absolute atomic E-state index is 5.92. The second kappa shape index (κ2) is 5.25. The van der Waals surface area contributed by atoms with Gasteiger partial charge in [-0.1, -0.05) is 6.92 Å². The summed E-state index contributed by atoms with van der Waals surface area (Å²) < 4.78 is 5.84. The molecule has 0 saturated heterocycles. The maximum atomic E-state index is 5.92. The third-order valence-electron chi connectivity index (χ3n) is 3.01. The van der Waals surface area contributed by atoms with E-state index in [1.165, 1.54) is 0 Å². The van der Waals surface area contributed by atoms with Crippen LogP contribution in [0.4, 0.5) is 0 Å². The minimum Gasteiger partial charge on any atom is -0.474 e. The molecule has 2 atom stereocenters. The predicted molar refractivity (Wildman–Crippen MR) is 62.3 cm³/mol. The Morgan fingerprint density at radius 2 is 2.31 bits per heavy atom. The normalized spacial score (nSPS) is 25.4. The van der Waals surface area contributed by atoms with Gasteiger partial charge in [0.1, 0.15) is 12.4 Å². The van der Waals surface area contributed by atoms with Crippen LogP contribution in [0.1, 0.15) is 38.3 Å². The van der Waals surface area contributed by atoms with Gasteiger partial charge in [-0.15, -0.1) is 0 Å². The summed E-state index contributed by atoms with van der Waals surface area (Å²) in [5.74, 6) is 0.686. The van der Waals surface area contributed by atoms with Crippen LogP contribution in [0.15, 0.2) is 12.4 Å². The standard InChI is InChI=1S/C12H19N3O/c1-2-10-7-12(15-8-14-10)16-11-5-3-4-9(13)6-11/h7-9,11H,2-6,13H2,1H3. The average molecular weight is 221 g/mol. The van der Waals surface area contributed by atoms with Crippen molar-refractivity contribution < 1.29 is 4.74 Å². The van der Waals surface area contributed by atoms with Crippen LogP contribution in [0.3, 0.4) is 0 Å². The first-order chi connectivity index (χ1) is 7.78. The second-order valence-corrected chi connectivity index (χ2v) is 4.37. The lowest BCUT2D eigenvalue weighted by molar-refractivity contribution is 0.138. The number of aryl methyl sites for hydroxylation is 1. The molecule has 16 heavy (non-hydrogen) atoms. The number of aromatic nitrogens is 2. The molecule has 1 saturated carbocycles. The Morgan fingerprint density at radius 3 is 3.06 bits per heavy atom. The van der Waals surface area contributed by atoms with Crippen LogP contribution >= 0.6 is 0 Å². The fourth-order valence-electron chi connectivity index (χ4n) is 2.09. The van der Waals surface area contributed by atoms with E-state index >= 15 is 0 Å². The van der Waals surface area contributed by atoms with E-state index in [0.29, 0.717) is 5.88 Å². The largest absolute Gasteiger partial charge is 0.474 e. The van der Waals surface area contributed by atoms with E-state index in [9.17, 15) is 0 Å². The molecule has 4 nitrogen and oxygen atoms in total. The molecule has 2 unspecified atom stereocenters. The first-order valence-electron chi connectivity index (χ1n) is 6.01. The average Bonchev–Trinajstić information content (AvgIpc) is 2.29. The monoisotopic (exact) mass is 221 g/mol. The van der Waals surface area contributed by atoms with Gasteiger partial charge in [-0.2, -0.15) is 0 Å². The van der Waals surface area contributed by atoms with Gasteiger partial charge in [0, 0.05) is 17.8 Å². The molecule has 1 aromatic rings. The third-order valence-corrected chi connectivity index (χ3v) is 3.01. The lowest BCUT2D eigenvalue weighted by atomic mass is 9.94. The second-order valence-electron chi connectivity index (χ2n) is 4.37. The van der Waals surface area contributed by atoms with E-state index in [0.717, 1.165) is 37.8 Å². The zero-order valence-corrected chi connectivity index (χ0v) is 9.72. The minimum absolute atomic E-state index is 0.225. The molecule has 4 heteroatoms. The summed E-state index contributed by atoms with van der Waals surface area (Å²) in [6.07, 6.45) is 6.98. The first-order valence-corrected chi connectivity index (χ1v) is 6.01. The molecule has 88 valence electrons. The van der Waals surface area contributed by atoms with Crippen LogP contribution in [0, 0.1) is 0 Å². The molecule has 1 fully saturated rings. The van der Waals surface area contributed by atoms with Crippen molar-refractivity contribution in [2.75, 3.05) is 0 Å². The van der Waals surface area contributed by atoms with Crippen molar-refractivity contribution in [3.05, 3.63) is 18.1 Å². The van der Waals surface area contributed by atoms with Crippen molar-refractivity contribution in [3.63, 3.8) is 0 Å². The fraction of sp³-hybridized carbons (Fsp3) is 0.667. The van der Waals surface area contributed by atoms with Gasteiger partial charge in [0.2, 0.25) is 5.88 Å². The van der Waals surface area contributed by atoms with Gasteiger partial charge in [0.25, 0.3) is 0 Å². The molecule has 2 N–H and O–H groups in total. The van der Waals surface area contributed by atoms with Crippen molar-refractivity contribution >= 4 is 0 Å². The van der Waals surface area contributed by atoms with Crippen LogP contribution in [0.25, 0.3) is 0 Å². The Morgan fingerprint density at radius 1 is 1.44 bits per heavy atom. The highest BCUT2D eigenvalue weighted by Crippen LogP contribution is 2.21. The maximum Gasteiger partial charge on any atom is 0.216 e. The van der Waals surface area contributed by atoms with Crippen LogP contribution in [-0.4, -0.2) is 22.1 Å². The van der Waals surface area contributed by atoms with Crippen molar-refractivity contribution in [1.82, 2.24) is 9.97 Å². The number of nitrogens with two attached hydrogens (primary N) is 1. The van der Waals surface area contributed by atoms with E-state index in [1.54, 1.807) is 6.33 Å². The molecular formula is C12H19N3O. The topological polar surface area (TPSA) is 61.0 Å². The third kappa shape index (κ3) is 2.92. The van der Waals surface area contributed by atoms with Gasteiger partial charge >= 0.3 is 0 Å². The summed E-state index contributed by atoms with van der Waals surface area (Å²) >= 11 is 0. The summed E-state index contributed by atoms with van der Waals surface area (Å²) in [6.45, 7) is 2.07. The van der Waals surface area contributed by atoms with Crippen LogP contribution in [0.5, 0.6) is 5.88 Å². The molecular weight excluding hydrogens is 202 g/mol. The summed E-state index contributed by atoms with van der Waals surface area (Å²) in [5, 5.41) is 0.